The van der Waals surface area contributed by atoms with Crippen LogP contribution in [0.25, 0.3) is 0 Å². The third-order valence-corrected chi connectivity index (χ3v) is 5.43. The van der Waals surface area contributed by atoms with Gasteiger partial charge in [0, 0.05) is 6.04 Å². The first-order chi connectivity index (χ1) is 13.2. The van der Waals surface area contributed by atoms with Gasteiger partial charge in [0.2, 0.25) is 10.0 Å². The topological polar surface area (TPSA) is 123 Å². The second-order valence-electron chi connectivity index (χ2n) is 6.39. The van der Waals surface area contributed by atoms with Crippen LogP contribution in [0.1, 0.15) is 33.4 Å². The van der Waals surface area contributed by atoms with E-state index in [1.807, 2.05) is 5.32 Å². The van der Waals surface area contributed by atoms with Crippen molar-refractivity contribution in [3.63, 3.8) is 0 Å². The monoisotopic (exact) mass is 406 g/mol. The van der Waals surface area contributed by atoms with Crippen LogP contribution in [-0.4, -0.2) is 45.1 Å². The van der Waals surface area contributed by atoms with Crippen molar-refractivity contribution in [3.05, 3.63) is 53.5 Å². The first kappa shape index (κ1) is 19.6. The maximum Gasteiger partial charge on any atom is 0.338 e. The number of sulfonamides is 1. The highest BCUT2D eigenvalue weighted by molar-refractivity contribution is 7.92. The molecular formula is C18H18N2O7S. The van der Waals surface area contributed by atoms with Crippen molar-refractivity contribution in [1.29, 1.82) is 0 Å². The smallest absolute Gasteiger partial charge is 0.338 e. The zero-order valence-electron chi connectivity index (χ0n) is 15.2. The van der Waals surface area contributed by atoms with Crippen LogP contribution in [-0.2, 0) is 26.0 Å². The van der Waals surface area contributed by atoms with E-state index in [0.29, 0.717) is 17.7 Å². The van der Waals surface area contributed by atoms with E-state index in [9.17, 15) is 22.8 Å². The van der Waals surface area contributed by atoms with E-state index in [0.717, 1.165) is 6.26 Å². The van der Waals surface area contributed by atoms with Crippen LogP contribution < -0.4 is 9.62 Å². The van der Waals surface area contributed by atoms with Gasteiger partial charge in [-0.25, -0.2) is 13.2 Å². The number of hydrogen-bond acceptors (Lipinski definition) is 7. The molecular weight excluding hydrogens is 388 g/mol. The summed E-state index contributed by atoms with van der Waals surface area (Å²) in [5.74, 6) is -2.33. The van der Waals surface area contributed by atoms with Gasteiger partial charge in [0.05, 0.1) is 23.8 Å². The molecule has 1 unspecified atom stereocenters. The number of imide groups is 1. The van der Waals surface area contributed by atoms with Crippen molar-refractivity contribution in [2.24, 2.45) is 0 Å². The van der Waals surface area contributed by atoms with Gasteiger partial charge in [-0.3, -0.25) is 19.2 Å². The number of nitrogens with one attached hydrogen (secondary N) is 1. The summed E-state index contributed by atoms with van der Waals surface area (Å²) >= 11 is 0. The lowest BCUT2D eigenvalue weighted by Crippen LogP contribution is -2.34. The highest BCUT2D eigenvalue weighted by atomic mass is 32.2. The van der Waals surface area contributed by atoms with E-state index in [4.69, 9.17) is 9.15 Å². The van der Waals surface area contributed by atoms with Crippen molar-refractivity contribution < 1.29 is 32.0 Å². The Hall–Kier alpha value is -3.14. The fraction of sp³-hybridized carbons (Fsp3) is 0.278. The van der Waals surface area contributed by atoms with Gasteiger partial charge in [-0.1, -0.05) is 0 Å². The third-order valence-electron chi connectivity index (χ3n) is 4.16. The summed E-state index contributed by atoms with van der Waals surface area (Å²) in [7, 11) is -3.43. The number of amides is 2. The molecule has 1 aliphatic rings. The quantitative estimate of drug-likeness (QED) is 0.738. The second-order valence-corrected chi connectivity index (χ2v) is 8.25. The fourth-order valence-electron chi connectivity index (χ4n) is 3.08. The number of fused-ring (bicyclic) bond motifs is 1. The van der Waals surface area contributed by atoms with Gasteiger partial charge in [-0.05, 0) is 49.2 Å². The molecule has 0 saturated carbocycles. The molecule has 0 bridgehead atoms. The molecule has 0 spiro atoms. The Morgan fingerprint density at radius 1 is 1.29 bits per heavy atom. The molecule has 1 aromatic heterocycles. The Kier molecular flexibility index (Phi) is 5.23. The summed E-state index contributed by atoms with van der Waals surface area (Å²) in [6.07, 6.45) is 2.88. The van der Waals surface area contributed by atoms with E-state index >= 15 is 0 Å². The molecule has 3 rings (SSSR count). The molecule has 1 atom stereocenters. The van der Waals surface area contributed by atoms with E-state index in [1.165, 1.54) is 34.8 Å². The van der Waals surface area contributed by atoms with E-state index < -0.39 is 34.4 Å². The molecule has 28 heavy (non-hydrogen) atoms. The van der Waals surface area contributed by atoms with Crippen LogP contribution in [0, 0.1) is 0 Å². The van der Waals surface area contributed by atoms with Crippen LogP contribution in [0.3, 0.4) is 0 Å². The van der Waals surface area contributed by atoms with Crippen molar-refractivity contribution in [1.82, 2.24) is 5.32 Å². The van der Waals surface area contributed by atoms with E-state index in [2.05, 4.69) is 0 Å². The van der Waals surface area contributed by atoms with Crippen molar-refractivity contribution in [3.8, 4) is 0 Å². The number of benzene rings is 1. The maximum atomic E-state index is 12.2. The van der Waals surface area contributed by atoms with Gasteiger partial charge < -0.3 is 9.15 Å². The summed E-state index contributed by atoms with van der Waals surface area (Å²) in [6.45, 7) is 1.13. The molecule has 0 saturated heterocycles. The Bertz CT molecular complexity index is 1030. The largest absolute Gasteiger partial charge is 0.459 e. The zero-order valence-corrected chi connectivity index (χ0v) is 16.0. The summed E-state index contributed by atoms with van der Waals surface area (Å²) in [5.41, 5.74) is 1.41. The van der Waals surface area contributed by atoms with Gasteiger partial charge in [0.25, 0.3) is 11.8 Å². The minimum absolute atomic E-state index is 0.0390. The molecule has 2 aromatic rings. The van der Waals surface area contributed by atoms with Crippen molar-refractivity contribution in [2.75, 3.05) is 17.2 Å². The average molecular weight is 406 g/mol. The van der Waals surface area contributed by atoms with Crippen LogP contribution in [0.4, 0.5) is 5.69 Å². The number of rotatable bonds is 5. The van der Waals surface area contributed by atoms with E-state index in [-0.39, 0.29) is 17.4 Å². The number of ether oxygens (including phenoxy) is 1. The first-order valence-electron chi connectivity index (χ1n) is 8.34. The molecule has 1 aromatic carbocycles. The Morgan fingerprint density at radius 2 is 2.04 bits per heavy atom. The number of anilines is 1. The minimum Gasteiger partial charge on any atom is -0.459 e. The fourth-order valence-corrected chi connectivity index (χ4v) is 4.35. The Labute approximate surface area is 161 Å². The van der Waals surface area contributed by atoms with Crippen molar-refractivity contribution >= 4 is 33.5 Å². The molecule has 0 aliphatic carbocycles. The van der Waals surface area contributed by atoms with Crippen LogP contribution >= 0.6 is 0 Å². The summed E-state index contributed by atoms with van der Waals surface area (Å²) in [6, 6.07) is 7.15. The SMILES string of the molecule is CC1Cc2cc(C(=O)OCC(=O)NC(=O)c3ccco3)ccc2N1S(C)(=O)=O. The molecule has 2 amide bonds. The lowest BCUT2D eigenvalue weighted by Gasteiger charge is -2.21. The summed E-state index contributed by atoms with van der Waals surface area (Å²) < 4.78 is 35.0. The van der Waals surface area contributed by atoms with Crippen LogP contribution in [0.15, 0.2) is 41.0 Å². The van der Waals surface area contributed by atoms with Gasteiger partial charge in [0.15, 0.2) is 12.4 Å². The molecule has 9 nitrogen and oxygen atoms in total. The number of furan rings is 1. The molecule has 1 aliphatic heterocycles. The van der Waals surface area contributed by atoms with Crippen LogP contribution in [0.2, 0.25) is 0 Å². The summed E-state index contributed by atoms with van der Waals surface area (Å²) in [4.78, 5) is 35.6. The summed E-state index contributed by atoms with van der Waals surface area (Å²) in [5, 5.41) is 2.04. The molecule has 148 valence electrons. The zero-order chi connectivity index (χ0) is 20.5. The molecule has 10 heteroatoms. The van der Waals surface area contributed by atoms with Crippen LogP contribution in [0.5, 0.6) is 0 Å². The lowest BCUT2D eigenvalue weighted by molar-refractivity contribution is -0.123. The van der Waals surface area contributed by atoms with Gasteiger partial charge in [-0.15, -0.1) is 0 Å². The third kappa shape index (κ3) is 4.06. The number of hydrogen-bond donors (Lipinski definition) is 1. The predicted molar refractivity (Wildman–Crippen MR) is 98.4 cm³/mol. The van der Waals surface area contributed by atoms with Gasteiger partial charge >= 0.3 is 5.97 Å². The Morgan fingerprint density at radius 3 is 2.68 bits per heavy atom. The van der Waals surface area contributed by atoms with Gasteiger partial charge in [0.1, 0.15) is 0 Å². The predicted octanol–water partition coefficient (Wildman–Crippen LogP) is 1.10. The highest BCUT2D eigenvalue weighted by Gasteiger charge is 2.33. The number of carbonyl (C=O) groups excluding carboxylic acids is 3. The number of carbonyl (C=O) groups is 3. The number of nitrogens with zero attached hydrogens (tertiary/aromatic N) is 1. The van der Waals surface area contributed by atoms with E-state index in [1.54, 1.807) is 13.0 Å². The van der Waals surface area contributed by atoms with Gasteiger partial charge in [-0.2, -0.15) is 0 Å². The number of esters is 1. The maximum absolute atomic E-state index is 12.2. The molecule has 1 N–H and O–H groups in total. The minimum atomic E-state index is -3.43. The highest BCUT2D eigenvalue weighted by Crippen LogP contribution is 2.34. The second kappa shape index (κ2) is 7.47. The first-order valence-corrected chi connectivity index (χ1v) is 10.2. The Balaban J connectivity index is 1.62. The van der Waals surface area contributed by atoms with Crippen molar-refractivity contribution in [2.45, 2.75) is 19.4 Å². The average Bonchev–Trinajstić information content (AvgIpc) is 3.25. The normalized spacial score (nSPS) is 15.8. The standard InChI is InChI=1S/C18H18N2O7S/c1-11-8-13-9-12(5-6-14(13)20(11)28(2,24)25)18(23)27-10-16(21)19-17(22)15-4-3-7-26-15/h3-7,9,11H,8,10H2,1-2H3,(H,19,21,22). The molecule has 0 fully saturated rings. The molecule has 2 heterocycles. The molecule has 0 radical (unpaired) electrons. The lowest BCUT2D eigenvalue weighted by atomic mass is 10.1.